The standard InChI is InChI=1S/C12H10N3/c1-15-12(5-7-14-15)10-3-2-9-4-6-13-11(9)8-10/h2-5,7-8,13H,1H3. The molecule has 2 heterocycles. The Bertz CT molecular complexity index is 604. The van der Waals surface area contributed by atoms with Gasteiger partial charge in [-0.1, -0.05) is 12.1 Å². The molecule has 0 aliphatic carbocycles. The van der Waals surface area contributed by atoms with Gasteiger partial charge in [0, 0.05) is 29.7 Å². The van der Waals surface area contributed by atoms with Crippen molar-refractivity contribution < 1.29 is 0 Å². The van der Waals surface area contributed by atoms with Crippen molar-refractivity contribution in [2.24, 2.45) is 7.05 Å². The summed E-state index contributed by atoms with van der Waals surface area (Å²) in [6.45, 7) is 0. The maximum absolute atomic E-state index is 4.16. The third-order valence-electron chi connectivity index (χ3n) is 2.60. The Morgan fingerprint density at radius 1 is 1.33 bits per heavy atom. The molecule has 0 saturated carbocycles. The van der Waals surface area contributed by atoms with Crippen LogP contribution in [-0.4, -0.2) is 14.8 Å². The van der Waals surface area contributed by atoms with Crippen molar-refractivity contribution in [1.82, 2.24) is 14.8 Å². The topological polar surface area (TPSA) is 33.6 Å². The molecule has 0 unspecified atom stereocenters. The minimum atomic E-state index is 1.11. The van der Waals surface area contributed by atoms with Crippen molar-refractivity contribution in [3.05, 3.63) is 42.7 Å². The minimum absolute atomic E-state index is 1.11. The van der Waals surface area contributed by atoms with Crippen molar-refractivity contribution in [2.75, 3.05) is 0 Å². The maximum Gasteiger partial charge on any atom is 0.0679 e. The van der Waals surface area contributed by atoms with E-state index >= 15 is 0 Å². The highest BCUT2D eigenvalue weighted by molar-refractivity contribution is 5.83. The van der Waals surface area contributed by atoms with Crippen LogP contribution in [-0.2, 0) is 7.05 Å². The van der Waals surface area contributed by atoms with Crippen LogP contribution in [0, 0.1) is 6.20 Å². The first-order chi connectivity index (χ1) is 7.34. The second-order valence-corrected chi connectivity index (χ2v) is 3.56. The second-order valence-electron chi connectivity index (χ2n) is 3.56. The zero-order chi connectivity index (χ0) is 10.3. The van der Waals surface area contributed by atoms with Gasteiger partial charge in [-0.25, -0.2) is 0 Å². The van der Waals surface area contributed by atoms with Crippen molar-refractivity contribution >= 4 is 10.9 Å². The summed E-state index contributed by atoms with van der Waals surface area (Å²) >= 11 is 0. The lowest BCUT2D eigenvalue weighted by atomic mass is 10.1. The summed E-state index contributed by atoms with van der Waals surface area (Å²) in [5.74, 6) is 0. The summed E-state index contributed by atoms with van der Waals surface area (Å²) in [5, 5.41) is 5.34. The summed E-state index contributed by atoms with van der Waals surface area (Å²) in [6, 6.07) is 10.3. The van der Waals surface area contributed by atoms with Gasteiger partial charge in [0.2, 0.25) is 0 Å². The molecule has 3 aromatic rings. The predicted molar refractivity (Wildman–Crippen MR) is 59.3 cm³/mol. The number of aryl methyl sites for hydroxylation is 1. The van der Waals surface area contributed by atoms with Crippen LogP contribution in [0.25, 0.3) is 22.2 Å². The summed E-state index contributed by atoms with van der Waals surface area (Å²) < 4.78 is 1.87. The highest BCUT2D eigenvalue weighted by Crippen LogP contribution is 2.22. The second kappa shape index (κ2) is 2.98. The fourth-order valence-corrected chi connectivity index (χ4v) is 1.80. The molecule has 1 N–H and O–H groups in total. The summed E-state index contributed by atoms with van der Waals surface area (Å²) in [6.07, 6.45) is 4.78. The zero-order valence-corrected chi connectivity index (χ0v) is 8.36. The maximum atomic E-state index is 4.16. The molecule has 0 spiro atoms. The quantitative estimate of drug-likeness (QED) is 0.637. The molecule has 1 aromatic carbocycles. The van der Waals surface area contributed by atoms with E-state index in [4.69, 9.17) is 0 Å². The van der Waals surface area contributed by atoms with E-state index in [1.54, 1.807) is 6.20 Å². The van der Waals surface area contributed by atoms with E-state index in [0.29, 0.717) is 0 Å². The van der Waals surface area contributed by atoms with Crippen LogP contribution in [0.1, 0.15) is 0 Å². The van der Waals surface area contributed by atoms with Crippen molar-refractivity contribution in [1.29, 1.82) is 0 Å². The average molecular weight is 196 g/mol. The van der Waals surface area contributed by atoms with Crippen LogP contribution in [0.3, 0.4) is 0 Å². The number of rotatable bonds is 1. The van der Waals surface area contributed by atoms with Crippen LogP contribution in [0.5, 0.6) is 0 Å². The smallest absolute Gasteiger partial charge is 0.0679 e. The van der Waals surface area contributed by atoms with Gasteiger partial charge in [-0.05, 0) is 18.2 Å². The Labute approximate surface area is 87.4 Å². The van der Waals surface area contributed by atoms with Crippen molar-refractivity contribution in [3.8, 4) is 11.3 Å². The van der Waals surface area contributed by atoms with E-state index in [2.05, 4.69) is 34.5 Å². The predicted octanol–water partition coefficient (Wildman–Crippen LogP) is 2.37. The molecule has 3 nitrogen and oxygen atoms in total. The number of benzene rings is 1. The van der Waals surface area contributed by atoms with E-state index in [9.17, 15) is 0 Å². The largest absolute Gasteiger partial charge is 0.353 e. The lowest BCUT2D eigenvalue weighted by Gasteiger charge is -2.01. The number of nitrogens with zero attached hydrogens (tertiary/aromatic N) is 2. The van der Waals surface area contributed by atoms with Gasteiger partial charge in [0.25, 0.3) is 0 Å². The van der Waals surface area contributed by atoms with E-state index in [1.807, 2.05) is 23.9 Å². The van der Waals surface area contributed by atoms with Gasteiger partial charge in [-0.3, -0.25) is 4.68 Å². The lowest BCUT2D eigenvalue weighted by molar-refractivity contribution is 0.776. The van der Waals surface area contributed by atoms with E-state index in [-0.39, 0.29) is 0 Å². The average Bonchev–Trinajstić information content (AvgIpc) is 2.84. The molecule has 0 amide bonds. The molecule has 0 aliphatic heterocycles. The molecule has 3 rings (SSSR count). The van der Waals surface area contributed by atoms with Gasteiger partial charge in [0.1, 0.15) is 0 Å². The SMILES string of the molecule is Cn1nccc1-c1ccc2c[c][nH]c2c1. The number of fused-ring (bicyclic) bond motifs is 1. The first-order valence-electron chi connectivity index (χ1n) is 4.82. The van der Waals surface area contributed by atoms with Gasteiger partial charge in [0.05, 0.1) is 11.9 Å². The number of aromatic nitrogens is 3. The van der Waals surface area contributed by atoms with Crippen LogP contribution < -0.4 is 0 Å². The Morgan fingerprint density at radius 2 is 2.27 bits per heavy atom. The van der Waals surface area contributed by atoms with Gasteiger partial charge < -0.3 is 4.98 Å². The molecule has 0 saturated heterocycles. The Morgan fingerprint density at radius 3 is 3.07 bits per heavy atom. The summed E-state index contributed by atoms with van der Waals surface area (Å²) in [4.78, 5) is 3.09. The highest BCUT2D eigenvalue weighted by atomic mass is 15.2. The third kappa shape index (κ3) is 1.24. The number of nitrogens with one attached hydrogen (secondary N) is 1. The van der Waals surface area contributed by atoms with Gasteiger partial charge in [-0.2, -0.15) is 5.10 Å². The van der Waals surface area contributed by atoms with Crippen molar-refractivity contribution in [3.63, 3.8) is 0 Å². The molecule has 2 aromatic heterocycles. The minimum Gasteiger partial charge on any atom is -0.353 e. The monoisotopic (exact) mass is 196 g/mol. The third-order valence-corrected chi connectivity index (χ3v) is 2.60. The first kappa shape index (κ1) is 8.29. The van der Waals surface area contributed by atoms with E-state index in [0.717, 1.165) is 11.2 Å². The van der Waals surface area contributed by atoms with Crippen LogP contribution in [0.2, 0.25) is 0 Å². The van der Waals surface area contributed by atoms with Crippen LogP contribution in [0.4, 0.5) is 0 Å². The van der Waals surface area contributed by atoms with Crippen LogP contribution >= 0.6 is 0 Å². The first-order valence-corrected chi connectivity index (χ1v) is 4.82. The molecule has 3 heteroatoms. The lowest BCUT2D eigenvalue weighted by Crippen LogP contribution is -1.92. The zero-order valence-electron chi connectivity index (χ0n) is 8.36. The van der Waals surface area contributed by atoms with E-state index < -0.39 is 0 Å². The number of hydrogen-bond acceptors (Lipinski definition) is 1. The number of aromatic amines is 1. The summed E-state index contributed by atoms with van der Waals surface area (Å²) in [7, 11) is 1.94. The Balaban J connectivity index is 2.23. The van der Waals surface area contributed by atoms with Gasteiger partial charge >= 0.3 is 0 Å². The summed E-state index contributed by atoms with van der Waals surface area (Å²) in [5.41, 5.74) is 3.39. The fraction of sp³-hybridized carbons (Fsp3) is 0.0833. The fourth-order valence-electron chi connectivity index (χ4n) is 1.80. The number of H-pyrrole nitrogens is 1. The highest BCUT2D eigenvalue weighted by Gasteiger charge is 2.03. The van der Waals surface area contributed by atoms with Crippen LogP contribution in [0.15, 0.2) is 36.5 Å². The molecule has 1 radical (unpaired) electrons. The molecule has 0 aliphatic rings. The molecule has 0 bridgehead atoms. The molecule has 15 heavy (non-hydrogen) atoms. The molecule has 0 atom stereocenters. The number of hydrogen-bond donors (Lipinski definition) is 1. The normalized spacial score (nSPS) is 11.0. The van der Waals surface area contributed by atoms with Crippen molar-refractivity contribution in [2.45, 2.75) is 0 Å². The van der Waals surface area contributed by atoms with Gasteiger partial charge in [0.15, 0.2) is 0 Å². The Kier molecular flexibility index (Phi) is 1.65. The van der Waals surface area contributed by atoms with Gasteiger partial charge in [-0.15, -0.1) is 0 Å². The Hall–Kier alpha value is -2.03. The molecule has 73 valence electrons. The van der Waals surface area contributed by atoms with E-state index in [1.165, 1.54) is 10.9 Å². The molecular formula is C12H10N3. The molecule has 0 fully saturated rings. The molecular weight excluding hydrogens is 186 g/mol.